The van der Waals surface area contributed by atoms with Crippen LogP contribution in [0.3, 0.4) is 0 Å². The van der Waals surface area contributed by atoms with Gasteiger partial charge in [-0.15, -0.1) is 0 Å². The lowest BCUT2D eigenvalue weighted by Gasteiger charge is -2.35. The molecule has 1 aromatic rings. The van der Waals surface area contributed by atoms with Gasteiger partial charge in [0.15, 0.2) is 0 Å². The molecule has 1 heterocycles. The first-order valence-corrected chi connectivity index (χ1v) is 9.19. The summed E-state index contributed by atoms with van der Waals surface area (Å²) in [6, 6.07) is 5.52. The van der Waals surface area contributed by atoms with Gasteiger partial charge in [-0.2, -0.15) is 0 Å². The molecular formula is C16H24N2O2S. The predicted molar refractivity (Wildman–Crippen MR) is 83.3 cm³/mol. The summed E-state index contributed by atoms with van der Waals surface area (Å²) in [6.45, 7) is 6.03. The van der Waals surface area contributed by atoms with Crippen molar-refractivity contribution in [3.8, 4) is 0 Å². The number of fused-ring (bicyclic) bond motifs is 1. The van der Waals surface area contributed by atoms with Crippen molar-refractivity contribution in [3.05, 3.63) is 29.3 Å². The van der Waals surface area contributed by atoms with Crippen molar-refractivity contribution in [3.63, 3.8) is 0 Å². The number of rotatable bonds is 3. The molecule has 0 saturated heterocycles. The third-order valence-corrected chi connectivity index (χ3v) is 6.16. The standard InChI is InChI=1S/C16H24N2O2S/c1-16(2)7-3-4-14(9-16)18-21(19,20)15-6-5-12-10-17-11-13(12)8-15/h5-6,8,14,17-18H,3-4,7,9-11H2,1-2H3. The first kappa shape index (κ1) is 15.0. The maximum atomic E-state index is 12.6. The summed E-state index contributed by atoms with van der Waals surface area (Å²) in [7, 11) is -3.41. The molecular weight excluding hydrogens is 284 g/mol. The highest BCUT2D eigenvalue weighted by molar-refractivity contribution is 7.89. The van der Waals surface area contributed by atoms with Crippen molar-refractivity contribution >= 4 is 10.0 Å². The van der Waals surface area contributed by atoms with E-state index in [2.05, 4.69) is 23.9 Å². The third-order valence-electron chi connectivity index (χ3n) is 4.65. The molecule has 0 bridgehead atoms. The van der Waals surface area contributed by atoms with Gasteiger partial charge in [-0.1, -0.05) is 26.3 Å². The molecule has 4 nitrogen and oxygen atoms in total. The van der Waals surface area contributed by atoms with Crippen LogP contribution in [0.5, 0.6) is 0 Å². The van der Waals surface area contributed by atoms with E-state index in [1.54, 1.807) is 6.07 Å². The molecule has 1 saturated carbocycles. The van der Waals surface area contributed by atoms with E-state index in [0.29, 0.717) is 4.90 Å². The summed E-state index contributed by atoms with van der Waals surface area (Å²) in [5, 5.41) is 3.24. The van der Waals surface area contributed by atoms with E-state index in [1.165, 1.54) is 12.0 Å². The summed E-state index contributed by atoms with van der Waals surface area (Å²) >= 11 is 0. The van der Waals surface area contributed by atoms with Gasteiger partial charge >= 0.3 is 0 Å². The summed E-state index contributed by atoms with van der Waals surface area (Å²) < 4.78 is 28.1. The Labute approximate surface area is 127 Å². The van der Waals surface area contributed by atoms with Gasteiger partial charge in [0, 0.05) is 19.1 Å². The van der Waals surface area contributed by atoms with Crippen molar-refractivity contribution in [2.45, 2.75) is 63.6 Å². The summed E-state index contributed by atoms with van der Waals surface area (Å²) in [6.07, 6.45) is 4.12. The molecule has 1 aliphatic heterocycles. The normalized spacial score (nSPS) is 24.8. The van der Waals surface area contributed by atoms with Gasteiger partial charge in [0.1, 0.15) is 0 Å². The van der Waals surface area contributed by atoms with Crippen LogP contribution in [0.15, 0.2) is 23.1 Å². The van der Waals surface area contributed by atoms with Gasteiger partial charge in [0.2, 0.25) is 10.0 Å². The lowest BCUT2D eigenvalue weighted by molar-refractivity contribution is 0.212. The Kier molecular flexibility index (Phi) is 3.84. The molecule has 0 radical (unpaired) electrons. The smallest absolute Gasteiger partial charge is 0.240 e. The number of benzene rings is 1. The molecule has 0 amide bonds. The molecule has 1 aliphatic carbocycles. The number of nitrogens with one attached hydrogen (secondary N) is 2. The zero-order chi connectivity index (χ0) is 15.1. The van der Waals surface area contributed by atoms with E-state index in [1.807, 2.05) is 12.1 Å². The second kappa shape index (κ2) is 5.38. The quantitative estimate of drug-likeness (QED) is 0.902. The van der Waals surface area contributed by atoms with Gasteiger partial charge in [0.05, 0.1) is 4.90 Å². The molecule has 1 aromatic carbocycles. The van der Waals surface area contributed by atoms with E-state index in [9.17, 15) is 8.42 Å². The minimum absolute atomic E-state index is 0.0603. The van der Waals surface area contributed by atoms with Crippen LogP contribution in [0, 0.1) is 5.41 Å². The highest BCUT2D eigenvalue weighted by Crippen LogP contribution is 2.35. The van der Waals surface area contributed by atoms with Crippen molar-refractivity contribution < 1.29 is 8.42 Å². The fourth-order valence-electron chi connectivity index (χ4n) is 3.52. The second-order valence-electron chi connectivity index (χ2n) is 7.11. The van der Waals surface area contributed by atoms with Crippen molar-refractivity contribution in [2.75, 3.05) is 0 Å². The highest BCUT2D eigenvalue weighted by atomic mass is 32.2. The Morgan fingerprint density at radius 3 is 2.76 bits per heavy atom. The second-order valence-corrected chi connectivity index (χ2v) is 8.83. The molecule has 21 heavy (non-hydrogen) atoms. The topological polar surface area (TPSA) is 58.2 Å². The number of hydrogen-bond donors (Lipinski definition) is 2. The zero-order valence-electron chi connectivity index (χ0n) is 12.8. The van der Waals surface area contributed by atoms with Crippen molar-refractivity contribution in [2.24, 2.45) is 5.41 Å². The molecule has 0 spiro atoms. The summed E-state index contributed by atoms with van der Waals surface area (Å²) in [5.41, 5.74) is 2.53. The lowest BCUT2D eigenvalue weighted by atomic mass is 9.75. The van der Waals surface area contributed by atoms with E-state index in [0.717, 1.165) is 37.9 Å². The van der Waals surface area contributed by atoms with E-state index < -0.39 is 10.0 Å². The van der Waals surface area contributed by atoms with Crippen LogP contribution in [0.2, 0.25) is 0 Å². The van der Waals surface area contributed by atoms with E-state index in [-0.39, 0.29) is 11.5 Å². The fraction of sp³-hybridized carbons (Fsp3) is 0.625. The minimum atomic E-state index is -3.41. The predicted octanol–water partition coefficient (Wildman–Crippen LogP) is 2.54. The van der Waals surface area contributed by atoms with Gasteiger partial charge in [0.25, 0.3) is 0 Å². The average molecular weight is 308 g/mol. The average Bonchev–Trinajstić information content (AvgIpc) is 2.83. The molecule has 2 aliphatic rings. The molecule has 116 valence electrons. The Morgan fingerprint density at radius 2 is 2.00 bits per heavy atom. The summed E-state index contributed by atoms with van der Waals surface area (Å²) in [5.74, 6) is 0. The Balaban J connectivity index is 1.78. The van der Waals surface area contributed by atoms with Crippen molar-refractivity contribution in [1.82, 2.24) is 10.0 Å². The number of sulfonamides is 1. The van der Waals surface area contributed by atoms with E-state index >= 15 is 0 Å². The van der Waals surface area contributed by atoms with Crippen LogP contribution in [0.25, 0.3) is 0 Å². The highest BCUT2D eigenvalue weighted by Gasteiger charge is 2.31. The van der Waals surface area contributed by atoms with Gasteiger partial charge < -0.3 is 5.32 Å². The molecule has 5 heteroatoms. The summed E-state index contributed by atoms with van der Waals surface area (Å²) in [4.78, 5) is 0.397. The maximum Gasteiger partial charge on any atom is 0.240 e. The molecule has 0 aromatic heterocycles. The SMILES string of the molecule is CC1(C)CCCC(NS(=O)(=O)c2ccc3c(c2)CNC3)C1. The van der Waals surface area contributed by atoms with Crippen LogP contribution < -0.4 is 10.0 Å². The molecule has 1 fully saturated rings. The number of hydrogen-bond acceptors (Lipinski definition) is 3. The van der Waals surface area contributed by atoms with Gasteiger partial charge in [-0.25, -0.2) is 13.1 Å². The first-order chi connectivity index (χ1) is 9.86. The Bertz CT molecular complexity index is 638. The van der Waals surface area contributed by atoms with Gasteiger partial charge in [-0.3, -0.25) is 0 Å². The lowest BCUT2D eigenvalue weighted by Crippen LogP contribution is -2.40. The molecule has 3 rings (SSSR count). The Hall–Kier alpha value is -0.910. The maximum absolute atomic E-state index is 12.6. The van der Waals surface area contributed by atoms with Crippen LogP contribution in [-0.4, -0.2) is 14.5 Å². The van der Waals surface area contributed by atoms with Crippen LogP contribution in [0.4, 0.5) is 0 Å². The molecule has 1 unspecified atom stereocenters. The van der Waals surface area contributed by atoms with Crippen LogP contribution in [0.1, 0.15) is 50.7 Å². The van der Waals surface area contributed by atoms with E-state index in [4.69, 9.17) is 0 Å². The van der Waals surface area contributed by atoms with Crippen LogP contribution in [-0.2, 0) is 23.1 Å². The van der Waals surface area contributed by atoms with Crippen LogP contribution >= 0.6 is 0 Å². The first-order valence-electron chi connectivity index (χ1n) is 7.71. The third kappa shape index (κ3) is 3.30. The largest absolute Gasteiger partial charge is 0.309 e. The van der Waals surface area contributed by atoms with Gasteiger partial charge in [-0.05, 0) is 47.9 Å². The Morgan fingerprint density at radius 1 is 1.24 bits per heavy atom. The molecule has 2 N–H and O–H groups in total. The zero-order valence-corrected chi connectivity index (χ0v) is 13.6. The fourth-order valence-corrected chi connectivity index (χ4v) is 4.85. The van der Waals surface area contributed by atoms with Crippen molar-refractivity contribution in [1.29, 1.82) is 0 Å². The molecule has 1 atom stereocenters. The minimum Gasteiger partial charge on any atom is -0.309 e. The monoisotopic (exact) mass is 308 g/mol.